The first-order chi connectivity index (χ1) is 7.84. The lowest BCUT2D eigenvalue weighted by Crippen LogP contribution is -2.31. The fourth-order valence-electron chi connectivity index (χ4n) is 1.17. The van der Waals surface area contributed by atoms with E-state index in [4.69, 9.17) is 11.6 Å². The summed E-state index contributed by atoms with van der Waals surface area (Å²) in [5.41, 5.74) is 0. The van der Waals surface area contributed by atoms with Crippen LogP contribution < -0.4 is 4.72 Å². The van der Waals surface area contributed by atoms with Crippen LogP contribution >= 0.6 is 27.5 Å². The summed E-state index contributed by atoms with van der Waals surface area (Å²) >= 11 is 9.28. The number of benzene rings is 1. The molecule has 0 radical (unpaired) electrons. The van der Waals surface area contributed by atoms with Gasteiger partial charge < -0.3 is 0 Å². The van der Waals surface area contributed by atoms with Crippen LogP contribution in [0.1, 0.15) is 13.8 Å². The molecule has 1 aromatic carbocycles. The second-order valence-electron chi connectivity index (χ2n) is 4.04. The van der Waals surface area contributed by atoms with Crippen molar-refractivity contribution in [2.24, 2.45) is 5.92 Å². The Morgan fingerprint density at radius 1 is 1.35 bits per heavy atom. The fourth-order valence-corrected chi connectivity index (χ4v) is 3.12. The lowest BCUT2D eigenvalue weighted by atomic mass is 10.1. The smallest absolute Gasteiger partial charge is 0.210 e. The van der Waals surface area contributed by atoms with Gasteiger partial charge in [0.1, 0.15) is 4.90 Å². The Bertz CT molecular complexity index is 476. The molecule has 1 atom stereocenters. The van der Waals surface area contributed by atoms with Gasteiger partial charge in [0.15, 0.2) is 0 Å². The number of sulfonamides is 1. The fraction of sp³-hybridized carbons (Fsp3) is 0.455. The lowest BCUT2D eigenvalue weighted by molar-refractivity contribution is 0.563. The Morgan fingerprint density at radius 2 is 1.94 bits per heavy atom. The molecule has 1 aromatic rings. The first-order valence-electron chi connectivity index (χ1n) is 5.23. The molecule has 17 heavy (non-hydrogen) atoms. The van der Waals surface area contributed by atoms with Crippen LogP contribution in [0.3, 0.4) is 0 Å². The average molecular weight is 341 g/mol. The van der Waals surface area contributed by atoms with E-state index < -0.39 is 10.0 Å². The lowest BCUT2D eigenvalue weighted by Gasteiger charge is -2.15. The van der Waals surface area contributed by atoms with Crippen molar-refractivity contribution in [1.29, 1.82) is 0 Å². The molecule has 0 saturated carbocycles. The van der Waals surface area contributed by atoms with E-state index in [1.165, 1.54) is 6.07 Å². The Labute approximate surface area is 116 Å². The minimum Gasteiger partial charge on any atom is -0.210 e. The van der Waals surface area contributed by atoms with Gasteiger partial charge in [0.2, 0.25) is 10.0 Å². The second kappa shape index (κ2) is 6.18. The predicted octanol–water partition coefficient (Wildman–Crippen LogP) is 3.04. The summed E-state index contributed by atoms with van der Waals surface area (Å²) < 4.78 is 26.5. The molecule has 96 valence electrons. The Kier molecular flexibility index (Phi) is 5.44. The minimum absolute atomic E-state index is 0.0970. The molecular formula is C11H15BrClNO2S. The van der Waals surface area contributed by atoms with Gasteiger partial charge in [-0.1, -0.05) is 53.5 Å². The van der Waals surface area contributed by atoms with Crippen molar-refractivity contribution < 1.29 is 8.42 Å². The molecule has 0 aromatic heterocycles. The van der Waals surface area contributed by atoms with Gasteiger partial charge in [-0.2, -0.15) is 0 Å². The van der Waals surface area contributed by atoms with Gasteiger partial charge >= 0.3 is 0 Å². The van der Waals surface area contributed by atoms with E-state index in [2.05, 4.69) is 20.7 Å². The summed E-state index contributed by atoms with van der Waals surface area (Å²) in [5, 5.41) is 0.232. The molecule has 6 heteroatoms. The maximum absolute atomic E-state index is 12.0. The van der Waals surface area contributed by atoms with E-state index in [1.54, 1.807) is 18.2 Å². The summed E-state index contributed by atoms with van der Waals surface area (Å²) in [6.45, 7) is 4.37. The largest absolute Gasteiger partial charge is 0.242 e. The number of alkyl halides is 1. The first-order valence-corrected chi connectivity index (χ1v) is 8.00. The number of hydrogen-bond donors (Lipinski definition) is 1. The minimum atomic E-state index is -3.53. The van der Waals surface area contributed by atoms with E-state index in [1.807, 2.05) is 13.8 Å². The summed E-state index contributed by atoms with van der Waals surface area (Å²) in [5.74, 6) is 0.351. The predicted molar refractivity (Wildman–Crippen MR) is 74.2 cm³/mol. The van der Waals surface area contributed by atoms with Gasteiger partial charge in [-0.25, -0.2) is 13.1 Å². The van der Waals surface area contributed by atoms with Crippen LogP contribution in [0.5, 0.6) is 0 Å². The quantitative estimate of drug-likeness (QED) is 0.837. The summed E-state index contributed by atoms with van der Waals surface area (Å²) in [6, 6.07) is 6.39. The van der Waals surface area contributed by atoms with Crippen LogP contribution in [-0.4, -0.2) is 19.8 Å². The molecule has 1 unspecified atom stereocenters. The van der Waals surface area contributed by atoms with E-state index in [-0.39, 0.29) is 14.7 Å². The second-order valence-corrected chi connectivity index (χ2v) is 7.36. The Hall–Kier alpha value is -0.100. The van der Waals surface area contributed by atoms with Crippen molar-refractivity contribution in [2.75, 3.05) is 6.54 Å². The summed E-state index contributed by atoms with van der Waals surface area (Å²) in [7, 11) is -3.53. The standard InChI is InChI=1S/C11H15BrClNO2S/c1-8(2)9(12)7-14-17(15,16)11-6-4-3-5-10(11)13/h3-6,8-9,14H,7H2,1-2H3. The Morgan fingerprint density at radius 3 is 2.47 bits per heavy atom. The van der Waals surface area contributed by atoms with Crippen molar-refractivity contribution in [3.8, 4) is 0 Å². The van der Waals surface area contributed by atoms with Crippen LogP contribution in [0.15, 0.2) is 29.2 Å². The number of halogens is 2. The van der Waals surface area contributed by atoms with E-state index in [0.29, 0.717) is 12.5 Å². The highest BCUT2D eigenvalue weighted by Gasteiger charge is 2.19. The number of hydrogen-bond acceptors (Lipinski definition) is 2. The zero-order valence-corrected chi connectivity index (χ0v) is 12.8. The van der Waals surface area contributed by atoms with Gasteiger partial charge in [0.25, 0.3) is 0 Å². The third-order valence-electron chi connectivity index (χ3n) is 2.32. The molecule has 0 aliphatic carbocycles. The number of rotatable bonds is 5. The van der Waals surface area contributed by atoms with Crippen molar-refractivity contribution >= 4 is 37.6 Å². The summed E-state index contributed by atoms with van der Waals surface area (Å²) in [6.07, 6.45) is 0. The third-order valence-corrected chi connectivity index (χ3v) is 5.62. The summed E-state index contributed by atoms with van der Waals surface area (Å²) in [4.78, 5) is 0.213. The molecule has 1 N–H and O–H groups in total. The highest BCUT2D eigenvalue weighted by Crippen LogP contribution is 2.20. The molecule has 0 fully saturated rings. The van der Waals surface area contributed by atoms with Gasteiger partial charge in [-0.05, 0) is 18.1 Å². The van der Waals surface area contributed by atoms with E-state index in [9.17, 15) is 8.42 Å². The van der Waals surface area contributed by atoms with Crippen LogP contribution in [0.2, 0.25) is 5.02 Å². The van der Waals surface area contributed by atoms with Crippen molar-refractivity contribution in [3.63, 3.8) is 0 Å². The monoisotopic (exact) mass is 339 g/mol. The van der Waals surface area contributed by atoms with Crippen molar-refractivity contribution in [3.05, 3.63) is 29.3 Å². The molecule has 1 rings (SSSR count). The van der Waals surface area contributed by atoms with Crippen LogP contribution in [0.4, 0.5) is 0 Å². The third kappa shape index (κ3) is 4.25. The highest BCUT2D eigenvalue weighted by molar-refractivity contribution is 9.09. The van der Waals surface area contributed by atoms with Gasteiger partial charge in [-0.3, -0.25) is 0 Å². The van der Waals surface area contributed by atoms with Gasteiger partial charge in [0.05, 0.1) is 5.02 Å². The van der Waals surface area contributed by atoms with Crippen LogP contribution in [0, 0.1) is 5.92 Å². The normalized spacial score (nSPS) is 13.9. The molecule has 0 amide bonds. The molecule has 0 saturated heterocycles. The topological polar surface area (TPSA) is 46.2 Å². The maximum Gasteiger partial charge on any atom is 0.242 e. The zero-order valence-electron chi connectivity index (χ0n) is 9.65. The van der Waals surface area contributed by atoms with E-state index in [0.717, 1.165) is 0 Å². The zero-order chi connectivity index (χ0) is 13.1. The molecule has 0 spiro atoms. The van der Waals surface area contributed by atoms with Gasteiger partial charge in [0, 0.05) is 11.4 Å². The SMILES string of the molecule is CC(C)C(Br)CNS(=O)(=O)c1ccccc1Cl. The average Bonchev–Trinajstić information content (AvgIpc) is 2.26. The Balaban J connectivity index is 2.80. The number of nitrogens with one attached hydrogen (secondary N) is 1. The molecular weight excluding hydrogens is 326 g/mol. The van der Waals surface area contributed by atoms with Crippen LogP contribution in [-0.2, 0) is 10.0 Å². The molecule has 0 heterocycles. The highest BCUT2D eigenvalue weighted by atomic mass is 79.9. The first kappa shape index (κ1) is 15.0. The van der Waals surface area contributed by atoms with Crippen molar-refractivity contribution in [1.82, 2.24) is 4.72 Å². The van der Waals surface area contributed by atoms with Crippen LogP contribution in [0.25, 0.3) is 0 Å². The van der Waals surface area contributed by atoms with Crippen molar-refractivity contribution in [2.45, 2.75) is 23.6 Å². The molecule has 0 aliphatic rings. The van der Waals surface area contributed by atoms with E-state index >= 15 is 0 Å². The molecule has 3 nitrogen and oxygen atoms in total. The maximum atomic E-state index is 12.0. The molecule has 0 aliphatic heterocycles. The van der Waals surface area contributed by atoms with Gasteiger partial charge in [-0.15, -0.1) is 0 Å². The molecule has 0 bridgehead atoms.